The fourth-order valence-electron chi connectivity index (χ4n) is 3.66. The minimum absolute atomic E-state index is 0.0887. The molecule has 1 aromatic carbocycles. The van der Waals surface area contributed by atoms with E-state index in [1.807, 2.05) is 39.0 Å². The summed E-state index contributed by atoms with van der Waals surface area (Å²) in [5.41, 5.74) is 1.64. The second-order valence-electron chi connectivity index (χ2n) is 7.77. The molecule has 2 heterocycles. The standard InChI is InChI=1S/C20H28NO8P/c1-11-7-6-8-16-9-25-30(24,29-19(11)16)26-10-17-12(2)13(3)18(21-14(4)22)20(28-17)27-15(5)23/h6-8,12-13,17-18,20H,9-10H2,1-5H3,(H,21,22)/t12-,13-,17?,18?,20?,30?/m0/s1. The molecular formula is C20H28NO8P. The number of nitrogens with one attached hydrogen (secondary N) is 1. The van der Waals surface area contributed by atoms with Crippen LogP contribution in [-0.2, 0) is 39.3 Å². The van der Waals surface area contributed by atoms with Crippen molar-refractivity contribution in [1.82, 2.24) is 5.32 Å². The van der Waals surface area contributed by atoms with Crippen molar-refractivity contribution in [3.63, 3.8) is 0 Å². The molecule has 4 unspecified atom stereocenters. The molecule has 2 aliphatic rings. The Bertz CT molecular complexity index is 859. The molecule has 1 saturated heterocycles. The zero-order chi connectivity index (χ0) is 22.1. The van der Waals surface area contributed by atoms with Gasteiger partial charge in [-0.2, -0.15) is 0 Å². The number of phosphoric acid groups is 1. The van der Waals surface area contributed by atoms with Gasteiger partial charge in [0.05, 0.1) is 25.4 Å². The number of ether oxygens (including phenoxy) is 2. The maximum Gasteiger partial charge on any atom is 0.530 e. The summed E-state index contributed by atoms with van der Waals surface area (Å²) >= 11 is 0. The Labute approximate surface area is 176 Å². The number of carbonyl (C=O) groups is 2. The van der Waals surface area contributed by atoms with E-state index in [1.165, 1.54) is 13.8 Å². The summed E-state index contributed by atoms with van der Waals surface area (Å²) in [6.45, 7) is 8.39. The molecule has 1 fully saturated rings. The summed E-state index contributed by atoms with van der Waals surface area (Å²) in [6, 6.07) is 5.06. The van der Waals surface area contributed by atoms with E-state index >= 15 is 0 Å². The van der Waals surface area contributed by atoms with Gasteiger partial charge in [0.25, 0.3) is 0 Å². The maximum atomic E-state index is 13.0. The van der Waals surface area contributed by atoms with Crippen LogP contribution >= 0.6 is 7.82 Å². The van der Waals surface area contributed by atoms with Crippen LogP contribution in [0.15, 0.2) is 18.2 Å². The van der Waals surface area contributed by atoms with Gasteiger partial charge < -0.3 is 19.3 Å². The van der Waals surface area contributed by atoms with Crippen LogP contribution in [0.25, 0.3) is 0 Å². The quantitative estimate of drug-likeness (QED) is 0.548. The monoisotopic (exact) mass is 441 g/mol. The van der Waals surface area contributed by atoms with Crippen molar-refractivity contribution in [2.75, 3.05) is 6.61 Å². The number of benzene rings is 1. The van der Waals surface area contributed by atoms with Gasteiger partial charge in [0.15, 0.2) is 0 Å². The van der Waals surface area contributed by atoms with E-state index in [-0.39, 0.29) is 31.0 Å². The molecular weight excluding hydrogens is 413 g/mol. The molecule has 0 saturated carbocycles. The van der Waals surface area contributed by atoms with Crippen molar-refractivity contribution in [3.8, 4) is 5.75 Å². The van der Waals surface area contributed by atoms with Crippen molar-refractivity contribution in [2.24, 2.45) is 11.8 Å². The van der Waals surface area contributed by atoms with Crippen molar-refractivity contribution >= 4 is 19.7 Å². The van der Waals surface area contributed by atoms with E-state index in [9.17, 15) is 14.2 Å². The highest BCUT2D eigenvalue weighted by Crippen LogP contribution is 2.55. The number of fused-ring (bicyclic) bond motifs is 1. The fourth-order valence-corrected chi connectivity index (χ4v) is 4.95. The number of rotatable bonds is 5. The van der Waals surface area contributed by atoms with Crippen LogP contribution in [0.1, 0.15) is 38.8 Å². The molecule has 1 N–H and O–H groups in total. The first-order chi connectivity index (χ1) is 14.1. The molecule has 0 aromatic heterocycles. The van der Waals surface area contributed by atoms with Crippen LogP contribution in [0, 0.1) is 18.8 Å². The van der Waals surface area contributed by atoms with Crippen molar-refractivity contribution < 1.29 is 37.2 Å². The number of phosphoric ester groups is 1. The summed E-state index contributed by atoms with van der Waals surface area (Å²) in [7, 11) is -3.83. The Morgan fingerprint density at radius 1 is 1.23 bits per heavy atom. The average molecular weight is 441 g/mol. The molecule has 10 heteroatoms. The third-order valence-corrected chi connectivity index (χ3v) is 6.82. The van der Waals surface area contributed by atoms with Crippen LogP contribution in [0.2, 0.25) is 0 Å². The lowest BCUT2D eigenvalue weighted by Gasteiger charge is -2.44. The minimum atomic E-state index is -3.83. The van der Waals surface area contributed by atoms with Gasteiger partial charge in [-0.15, -0.1) is 0 Å². The van der Waals surface area contributed by atoms with E-state index in [2.05, 4.69) is 5.32 Å². The van der Waals surface area contributed by atoms with Gasteiger partial charge in [-0.1, -0.05) is 32.0 Å². The van der Waals surface area contributed by atoms with Gasteiger partial charge in [0, 0.05) is 19.4 Å². The van der Waals surface area contributed by atoms with Crippen molar-refractivity contribution in [1.29, 1.82) is 0 Å². The number of esters is 1. The zero-order valence-corrected chi connectivity index (χ0v) is 18.6. The summed E-state index contributed by atoms with van der Waals surface area (Å²) in [5, 5.41) is 2.78. The Kier molecular flexibility index (Phi) is 6.87. The molecule has 30 heavy (non-hydrogen) atoms. The SMILES string of the molecule is CC(=O)NC1C(OC(C)=O)OC(COP2(=O)OCc3cccc(C)c3O2)[C@@H](C)[C@@H]1C. The Morgan fingerprint density at radius 2 is 1.97 bits per heavy atom. The normalized spacial score (nSPS) is 33.2. The highest BCUT2D eigenvalue weighted by Gasteiger charge is 2.45. The number of amides is 1. The first-order valence-corrected chi connectivity index (χ1v) is 11.3. The van der Waals surface area contributed by atoms with Gasteiger partial charge in [0.1, 0.15) is 5.75 Å². The smallest absolute Gasteiger partial charge is 0.434 e. The Balaban J connectivity index is 1.70. The van der Waals surface area contributed by atoms with E-state index < -0.39 is 32.2 Å². The van der Waals surface area contributed by atoms with Gasteiger partial charge >= 0.3 is 13.8 Å². The van der Waals surface area contributed by atoms with Gasteiger partial charge in [-0.25, -0.2) is 4.57 Å². The molecule has 9 nitrogen and oxygen atoms in total. The first-order valence-electron chi connectivity index (χ1n) is 9.86. The topological polar surface area (TPSA) is 109 Å². The zero-order valence-electron chi connectivity index (χ0n) is 17.7. The molecule has 3 rings (SSSR count). The molecule has 0 aliphatic carbocycles. The number of carbonyl (C=O) groups excluding carboxylic acids is 2. The van der Waals surface area contributed by atoms with Crippen molar-refractivity contribution in [2.45, 2.75) is 59.7 Å². The number of hydrogen-bond acceptors (Lipinski definition) is 8. The Morgan fingerprint density at radius 3 is 2.63 bits per heavy atom. The number of hydrogen-bond donors (Lipinski definition) is 1. The van der Waals surface area contributed by atoms with Crippen molar-refractivity contribution in [3.05, 3.63) is 29.3 Å². The molecule has 166 valence electrons. The molecule has 1 aromatic rings. The Hall–Kier alpha value is -1.93. The van der Waals surface area contributed by atoms with Gasteiger partial charge in [-0.05, 0) is 24.3 Å². The summed E-state index contributed by atoms with van der Waals surface area (Å²) in [4.78, 5) is 23.1. The highest BCUT2D eigenvalue weighted by molar-refractivity contribution is 7.49. The van der Waals surface area contributed by atoms with E-state index in [0.29, 0.717) is 5.75 Å². The van der Waals surface area contributed by atoms with E-state index in [0.717, 1.165) is 11.1 Å². The molecule has 0 radical (unpaired) electrons. The lowest BCUT2D eigenvalue weighted by atomic mass is 9.82. The molecule has 0 bridgehead atoms. The maximum absolute atomic E-state index is 13.0. The predicted molar refractivity (Wildman–Crippen MR) is 107 cm³/mol. The third kappa shape index (κ3) is 5.03. The fraction of sp³-hybridized carbons (Fsp3) is 0.600. The molecule has 6 atom stereocenters. The molecule has 2 aliphatic heterocycles. The predicted octanol–water partition coefficient (Wildman–Crippen LogP) is 3.09. The molecule has 0 spiro atoms. The average Bonchev–Trinajstić information content (AvgIpc) is 2.67. The van der Waals surface area contributed by atoms with Crippen LogP contribution in [0.3, 0.4) is 0 Å². The molecule has 1 amide bonds. The number of para-hydroxylation sites is 1. The van der Waals surface area contributed by atoms with Crippen LogP contribution in [-0.4, -0.2) is 36.9 Å². The highest BCUT2D eigenvalue weighted by atomic mass is 31.2. The minimum Gasteiger partial charge on any atom is -0.434 e. The summed E-state index contributed by atoms with van der Waals surface area (Å²) in [5.74, 6) is -0.481. The van der Waals surface area contributed by atoms with Gasteiger partial charge in [-0.3, -0.25) is 18.6 Å². The summed E-state index contributed by atoms with van der Waals surface area (Å²) < 4.78 is 40.7. The van der Waals surface area contributed by atoms with Gasteiger partial charge in [0.2, 0.25) is 12.2 Å². The van der Waals surface area contributed by atoms with Crippen LogP contribution in [0.4, 0.5) is 0 Å². The third-order valence-electron chi connectivity index (χ3n) is 5.51. The largest absolute Gasteiger partial charge is 0.530 e. The lowest BCUT2D eigenvalue weighted by Crippen LogP contribution is -2.58. The second kappa shape index (κ2) is 9.06. The van der Waals surface area contributed by atoms with E-state index in [1.54, 1.807) is 0 Å². The second-order valence-corrected chi connectivity index (χ2v) is 9.36. The van der Waals surface area contributed by atoms with Crippen LogP contribution < -0.4 is 9.84 Å². The van der Waals surface area contributed by atoms with Crippen LogP contribution in [0.5, 0.6) is 5.75 Å². The lowest BCUT2D eigenvalue weighted by molar-refractivity contribution is -0.236. The summed E-state index contributed by atoms with van der Waals surface area (Å²) in [6.07, 6.45) is -1.53. The first kappa shape index (κ1) is 22.7. The van der Waals surface area contributed by atoms with E-state index in [4.69, 9.17) is 23.0 Å². The number of aryl methyl sites for hydroxylation is 1.